The molecule has 1 aliphatic heterocycles. The summed E-state index contributed by atoms with van der Waals surface area (Å²) in [6.45, 7) is 0.474. The number of carbonyl (C=O) groups excluding carboxylic acids is 1. The standard InChI is InChI=1S/C20H18ClN3O4/c1-26-15-7-8-16(17(10-15)27-2)19-22-20(28-23-19)12-9-18(25)24(11-12)14-5-3-13(21)4-6-14/h3-8,10,12H,9,11H2,1-2H3. The number of benzene rings is 2. The normalized spacial score (nSPS) is 16.5. The molecule has 1 fully saturated rings. The van der Waals surface area contributed by atoms with Crippen LogP contribution in [-0.2, 0) is 4.79 Å². The number of nitrogens with zero attached hydrogens (tertiary/aromatic N) is 3. The molecule has 28 heavy (non-hydrogen) atoms. The van der Waals surface area contributed by atoms with Crippen molar-refractivity contribution in [3.05, 3.63) is 53.4 Å². The van der Waals surface area contributed by atoms with Crippen LogP contribution >= 0.6 is 11.6 Å². The van der Waals surface area contributed by atoms with Crippen LogP contribution in [0.3, 0.4) is 0 Å². The summed E-state index contributed by atoms with van der Waals surface area (Å²) in [6.07, 6.45) is 0.310. The van der Waals surface area contributed by atoms with Gasteiger partial charge in [-0.25, -0.2) is 0 Å². The van der Waals surface area contributed by atoms with Crippen LogP contribution in [0.15, 0.2) is 47.0 Å². The van der Waals surface area contributed by atoms with Gasteiger partial charge in [-0.1, -0.05) is 16.8 Å². The van der Waals surface area contributed by atoms with Gasteiger partial charge in [0.2, 0.25) is 17.6 Å². The predicted octanol–water partition coefficient (Wildman–Crippen LogP) is 3.93. The van der Waals surface area contributed by atoms with Gasteiger partial charge in [0.25, 0.3) is 0 Å². The minimum Gasteiger partial charge on any atom is -0.497 e. The molecular weight excluding hydrogens is 382 g/mol. The van der Waals surface area contributed by atoms with Gasteiger partial charge in [0.15, 0.2) is 0 Å². The highest BCUT2D eigenvalue weighted by atomic mass is 35.5. The number of anilines is 1. The first kappa shape index (κ1) is 18.3. The lowest BCUT2D eigenvalue weighted by Gasteiger charge is -2.15. The number of hydrogen-bond donors (Lipinski definition) is 0. The van der Waals surface area contributed by atoms with Gasteiger partial charge in [0.1, 0.15) is 11.5 Å². The quantitative estimate of drug-likeness (QED) is 0.647. The maximum Gasteiger partial charge on any atom is 0.232 e. The largest absolute Gasteiger partial charge is 0.497 e. The minimum absolute atomic E-state index is 0.00843. The number of methoxy groups -OCH3 is 2. The summed E-state index contributed by atoms with van der Waals surface area (Å²) >= 11 is 5.93. The van der Waals surface area contributed by atoms with Crippen LogP contribution in [0.1, 0.15) is 18.2 Å². The molecule has 2 heterocycles. The number of ether oxygens (including phenoxy) is 2. The summed E-state index contributed by atoms with van der Waals surface area (Å²) in [5.41, 5.74) is 1.49. The third kappa shape index (κ3) is 3.41. The van der Waals surface area contributed by atoms with Crippen LogP contribution in [0.25, 0.3) is 11.4 Å². The fraction of sp³-hybridized carbons (Fsp3) is 0.250. The molecule has 144 valence electrons. The average Bonchev–Trinajstić information content (AvgIpc) is 3.35. The average molecular weight is 400 g/mol. The molecule has 0 saturated carbocycles. The SMILES string of the molecule is COc1ccc(-c2noc(C3CC(=O)N(c4ccc(Cl)cc4)C3)n2)c(OC)c1. The van der Waals surface area contributed by atoms with Gasteiger partial charge in [0, 0.05) is 29.7 Å². The molecule has 1 aliphatic rings. The zero-order chi connectivity index (χ0) is 19.7. The molecule has 0 bridgehead atoms. The van der Waals surface area contributed by atoms with Gasteiger partial charge in [-0.2, -0.15) is 4.98 Å². The Morgan fingerprint density at radius 1 is 1.14 bits per heavy atom. The van der Waals surface area contributed by atoms with Crippen molar-refractivity contribution in [2.24, 2.45) is 0 Å². The Kier molecular flexibility index (Phi) is 4.92. The molecule has 1 atom stereocenters. The molecule has 2 aromatic carbocycles. The van der Waals surface area contributed by atoms with Gasteiger partial charge in [-0.3, -0.25) is 4.79 Å². The van der Waals surface area contributed by atoms with E-state index in [1.54, 1.807) is 43.4 Å². The van der Waals surface area contributed by atoms with Gasteiger partial charge in [-0.15, -0.1) is 0 Å². The first-order chi connectivity index (χ1) is 13.6. The van der Waals surface area contributed by atoms with Crippen LogP contribution in [0, 0.1) is 0 Å². The minimum atomic E-state index is -0.173. The van der Waals surface area contributed by atoms with E-state index in [1.165, 1.54) is 0 Å². The zero-order valence-corrected chi connectivity index (χ0v) is 16.1. The van der Waals surface area contributed by atoms with E-state index in [9.17, 15) is 4.79 Å². The van der Waals surface area contributed by atoms with Crippen LogP contribution in [0.2, 0.25) is 5.02 Å². The number of hydrogen-bond acceptors (Lipinski definition) is 6. The topological polar surface area (TPSA) is 77.7 Å². The number of rotatable bonds is 5. The smallest absolute Gasteiger partial charge is 0.232 e. The fourth-order valence-corrected chi connectivity index (χ4v) is 3.36. The summed E-state index contributed by atoms with van der Waals surface area (Å²) in [4.78, 5) is 18.7. The highest BCUT2D eigenvalue weighted by Gasteiger charge is 2.35. The third-order valence-electron chi connectivity index (χ3n) is 4.70. The molecule has 0 radical (unpaired) electrons. The lowest BCUT2D eigenvalue weighted by Crippen LogP contribution is -2.24. The van der Waals surface area contributed by atoms with Crippen molar-refractivity contribution in [1.82, 2.24) is 10.1 Å². The molecule has 1 amide bonds. The molecule has 7 nitrogen and oxygen atoms in total. The van der Waals surface area contributed by atoms with Crippen molar-refractivity contribution in [2.45, 2.75) is 12.3 Å². The van der Waals surface area contributed by atoms with Gasteiger partial charge < -0.3 is 18.9 Å². The molecule has 8 heteroatoms. The van der Waals surface area contributed by atoms with E-state index in [-0.39, 0.29) is 11.8 Å². The number of halogens is 1. The molecule has 1 unspecified atom stereocenters. The van der Waals surface area contributed by atoms with Crippen molar-refractivity contribution >= 4 is 23.2 Å². The van der Waals surface area contributed by atoms with Crippen LogP contribution < -0.4 is 14.4 Å². The lowest BCUT2D eigenvalue weighted by molar-refractivity contribution is -0.117. The second-order valence-corrected chi connectivity index (χ2v) is 6.84. The Hall–Kier alpha value is -3.06. The predicted molar refractivity (Wildman–Crippen MR) is 104 cm³/mol. The van der Waals surface area contributed by atoms with Crippen molar-refractivity contribution in [1.29, 1.82) is 0 Å². The number of carbonyl (C=O) groups is 1. The van der Waals surface area contributed by atoms with E-state index < -0.39 is 0 Å². The Balaban J connectivity index is 1.57. The van der Waals surface area contributed by atoms with E-state index >= 15 is 0 Å². The second kappa shape index (κ2) is 7.52. The monoisotopic (exact) mass is 399 g/mol. The summed E-state index contributed by atoms with van der Waals surface area (Å²) in [7, 11) is 3.16. The maximum atomic E-state index is 12.5. The molecule has 1 saturated heterocycles. The lowest BCUT2D eigenvalue weighted by atomic mass is 10.1. The first-order valence-corrected chi connectivity index (χ1v) is 9.08. The summed E-state index contributed by atoms with van der Waals surface area (Å²) in [6, 6.07) is 12.5. The molecule has 0 spiro atoms. The number of aromatic nitrogens is 2. The van der Waals surface area contributed by atoms with E-state index in [4.69, 9.17) is 25.6 Å². The summed E-state index contributed by atoms with van der Waals surface area (Å²) in [5.74, 6) is 1.92. The first-order valence-electron chi connectivity index (χ1n) is 8.71. The molecule has 3 aromatic rings. The Morgan fingerprint density at radius 3 is 2.64 bits per heavy atom. The van der Waals surface area contributed by atoms with Crippen molar-refractivity contribution in [2.75, 3.05) is 25.7 Å². The molecular formula is C20H18ClN3O4. The van der Waals surface area contributed by atoms with Crippen LogP contribution in [0.4, 0.5) is 5.69 Å². The molecule has 0 N–H and O–H groups in total. The van der Waals surface area contributed by atoms with Gasteiger partial charge in [0.05, 0.1) is 25.7 Å². The second-order valence-electron chi connectivity index (χ2n) is 6.40. The highest BCUT2D eigenvalue weighted by molar-refractivity contribution is 6.30. The Bertz CT molecular complexity index is 1000. The Morgan fingerprint density at radius 2 is 1.93 bits per heavy atom. The molecule has 1 aromatic heterocycles. The zero-order valence-electron chi connectivity index (χ0n) is 15.4. The van der Waals surface area contributed by atoms with Crippen molar-refractivity contribution < 1.29 is 18.8 Å². The van der Waals surface area contributed by atoms with Crippen LogP contribution in [-0.4, -0.2) is 36.8 Å². The summed E-state index contributed by atoms with van der Waals surface area (Å²) in [5, 5.41) is 4.70. The van der Waals surface area contributed by atoms with E-state index in [1.807, 2.05) is 18.2 Å². The van der Waals surface area contributed by atoms with Crippen molar-refractivity contribution in [3.63, 3.8) is 0 Å². The van der Waals surface area contributed by atoms with Crippen molar-refractivity contribution in [3.8, 4) is 22.9 Å². The highest BCUT2D eigenvalue weighted by Crippen LogP contribution is 2.35. The van der Waals surface area contributed by atoms with E-state index in [0.29, 0.717) is 46.8 Å². The summed E-state index contributed by atoms with van der Waals surface area (Å²) < 4.78 is 16.1. The van der Waals surface area contributed by atoms with E-state index in [0.717, 1.165) is 5.69 Å². The van der Waals surface area contributed by atoms with Gasteiger partial charge in [-0.05, 0) is 36.4 Å². The van der Waals surface area contributed by atoms with Crippen LogP contribution in [0.5, 0.6) is 11.5 Å². The van der Waals surface area contributed by atoms with Gasteiger partial charge >= 0.3 is 0 Å². The maximum absolute atomic E-state index is 12.5. The third-order valence-corrected chi connectivity index (χ3v) is 4.96. The number of amides is 1. The van der Waals surface area contributed by atoms with E-state index in [2.05, 4.69) is 10.1 Å². The molecule has 4 rings (SSSR count). The Labute approximate surface area is 166 Å². The fourth-order valence-electron chi connectivity index (χ4n) is 3.24. The molecule has 0 aliphatic carbocycles.